The van der Waals surface area contributed by atoms with Gasteiger partial charge in [0.25, 0.3) is 0 Å². The Balaban J connectivity index is 1.54. The Morgan fingerprint density at radius 2 is 1.50 bits per heavy atom. The molecule has 3 rings (SSSR count). The van der Waals surface area contributed by atoms with Crippen molar-refractivity contribution in [3.8, 4) is 0 Å². The van der Waals surface area contributed by atoms with Gasteiger partial charge in [0, 0.05) is 32.7 Å². The average Bonchev–Trinajstić information content (AvgIpc) is 2.72. The van der Waals surface area contributed by atoms with Gasteiger partial charge in [0.15, 0.2) is 0 Å². The molecule has 0 aliphatic carbocycles. The van der Waals surface area contributed by atoms with E-state index in [1.165, 1.54) is 17.2 Å². The first-order valence-corrected chi connectivity index (χ1v) is 9.13. The molecule has 26 heavy (non-hydrogen) atoms. The first kappa shape index (κ1) is 18.4. The molecule has 1 amide bonds. The van der Waals surface area contributed by atoms with Gasteiger partial charge in [-0.1, -0.05) is 67.2 Å². The number of nitrogens with zero attached hydrogens (tertiary/aromatic N) is 2. The summed E-state index contributed by atoms with van der Waals surface area (Å²) in [6.45, 7) is 8.35. The predicted molar refractivity (Wildman–Crippen MR) is 104 cm³/mol. The Morgan fingerprint density at radius 1 is 0.962 bits per heavy atom. The van der Waals surface area contributed by atoms with E-state index in [1.807, 2.05) is 41.3 Å². The number of hydrogen-bond acceptors (Lipinski definition) is 3. The molecule has 2 aromatic rings. The molecule has 0 N–H and O–H groups in total. The van der Waals surface area contributed by atoms with E-state index in [2.05, 4.69) is 35.7 Å². The lowest BCUT2D eigenvalue weighted by atomic mass is 10.0. The molecule has 0 spiro atoms. The maximum atomic E-state index is 11.7. The lowest BCUT2D eigenvalue weighted by Crippen LogP contribution is -2.49. The number of carbonyl (C=O) groups excluding carboxylic acids is 1. The number of piperazine rings is 1. The summed E-state index contributed by atoms with van der Waals surface area (Å²) in [5.41, 5.74) is 2.33. The quantitative estimate of drug-likeness (QED) is 0.719. The normalized spacial score (nSPS) is 15.2. The van der Waals surface area contributed by atoms with E-state index >= 15 is 0 Å². The van der Waals surface area contributed by atoms with Crippen LogP contribution >= 0.6 is 0 Å². The van der Waals surface area contributed by atoms with Crippen molar-refractivity contribution < 1.29 is 9.53 Å². The van der Waals surface area contributed by atoms with Gasteiger partial charge in [-0.3, -0.25) is 9.69 Å². The minimum absolute atomic E-state index is 0.0223. The molecule has 136 valence electrons. The highest BCUT2D eigenvalue weighted by molar-refractivity contribution is 5.87. The van der Waals surface area contributed by atoms with Gasteiger partial charge in [0.05, 0.1) is 6.61 Å². The molecule has 0 aromatic heterocycles. The highest BCUT2D eigenvalue weighted by Crippen LogP contribution is 2.25. The molecule has 2 aromatic carbocycles. The molecule has 0 bridgehead atoms. The van der Waals surface area contributed by atoms with E-state index < -0.39 is 0 Å². The van der Waals surface area contributed by atoms with Crippen molar-refractivity contribution in [2.45, 2.75) is 6.10 Å². The molecule has 4 nitrogen and oxygen atoms in total. The number of benzene rings is 2. The predicted octanol–water partition coefficient (Wildman–Crippen LogP) is 3.12. The standard InChI is InChI=1S/C22H26N2O2/c1-2-21(25)24-15-13-23(14-16-24)17-18-26-22(19-9-5-3-6-10-19)20-11-7-4-8-12-20/h2-12,22H,1,13-18H2. The molecular weight excluding hydrogens is 324 g/mol. The van der Waals surface area contributed by atoms with Crippen molar-refractivity contribution in [3.05, 3.63) is 84.4 Å². The van der Waals surface area contributed by atoms with Crippen LogP contribution in [0.15, 0.2) is 73.3 Å². The second-order valence-corrected chi connectivity index (χ2v) is 6.44. The van der Waals surface area contributed by atoms with E-state index in [9.17, 15) is 4.79 Å². The summed E-state index contributed by atoms with van der Waals surface area (Å²) in [6, 6.07) is 20.7. The lowest BCUT2D eigenvalue weighted by Gasteiger charge is -2.34. The summed E-state index contributed by atoms with van der Waals surface area (Å²) in [5.74, 6) is 0.0223. The SMILES string of the molecule is C=CC(=O)N1CCN(CCOC(c2ccccc2)c2ccccc2)CC1. The van der Waals surface area contributed by atoms with E-state index in [-0.39, 0.29) is 12.0 Å². The van der Waals surface area contributed by atoms with Crippen LogP contribution in [0.2, 0.25) is 0 Å². The smallest absolute Gasteiger partial charge is 0.246 e. The summed E-state index contributed by atoms with van der Waals surface area (Å²) >= 11 is 0. The van der Waals surface area contributed by atoms with E-state index in [4.69, 9.17) is 4.74 Å². The molecule has 1 aliphatic heterocycles. The molecular formula is C22H26N2O2. The van der Waals surface area contributed by atoms with Gasteiger partial charge in [0.1, 0.15) is 6.10 Å². The zero-order valence-electron chi connectivity index (χ0n) is 15.1. The van der Waals surface area contributed by atoms with Crippen LogP contribution in [0.4, 0.5) is 0 Å². The van der Waals surface area contributed by atoms with Crippen molar-refractivity contribution in [2.75, 3.05) is 39.3 Å². The number of amides is 1. The third-order valence-corrected chi connectivity index (χ3v) is 4.76. The number of rotatable bonds is 7. The van der Waals surface area contributed by atoms with Crippen molar-refractivity contribution in [3.63, 3.8) is 0 Å². The maximum Gasteiger partial charge on any atom is 0.246 e. The number of hydrogen-bond donors (Lipinski definition) is 0. The molecule has 4 heteroatoms. The van der Waals surface area contributed by atoms with Gasteiger partial charge in [-0.2, -0.15) is 0 Å². The molecule has 0 atom stereocenters. The van der Waals surface area contributed by atoms with E-state index in [0.29, 0.717) is 6.61 Å². The van der Waals surface area contributed by atoms with Crippen molar-refractivity contribution in [1.82, 2.24) is 9.80 Å². The molecule has 1 aliphatic rings. The first-order chi connectivity index (χ1) is 12.8. The van der Waals surface area contributed by atoms with Crippen LogP contribution in [0.3, 0.4) is 0 Å². The van der Waals surface area contributed by atoms with Gasteiger partial charge < -0.3 is 9.64 Å². The maximum absolute atomic E-state index is 11.7. The third kappa shape index (κ3) is 4.81. The van der Waals surface area contributed by atoms with Gasteiger partial charge in [-0.25, -0.2) is 0 Å². The van der Waals surface area contributed by atoms with Gasteiger partial charge in [-0.05, 0) is 17.2 Å². The summed E-state index contributed by atoms with van der Waals surface area (Å²) in [5, 5.41) is 0. The van der Waals surface area contributed by atoms with Crippen molar-refractivity contribution in [1.29, 1.82) is 0 Å². The zero-order chi connectivity index (χ0) is 18.2. The third-order valence-electron chi connectivity index (χ3n) is 4.76. The topological polar surface area (TPSA) is 32.8 Å². The molecule has 0 saturated carbocycles. The Labute approximate surface area is 155 Å². The Kier molecular flexibility index (Phi) is 6.58. The number of ether oxygens (including phenoxy) is 1. The summed E-state index contributed by atoms with van der Waals surface area (Å²) in [7, 11) is 0. The molecule has 0 unspecified atom stereocenters. The molecule has 0 radical (unpaired) electrons. The average molecular weight is 350 g/mol. The Bertz CT molecular complexity index is 655. The Morgan fingerprint density at radius 3 is 2.00 bits per heavy atom. The highest BCUT2D eigenvalue weighted by atomic mass is 16.5. The largest absolute Gasteiger partial charge is 0.367 e. The second kappa shape index (κ2) is 9.32. The minimum Gasteiger partial charge on any atom is -0.367 e. The van der Waals surface area contributed by atoms with Crippen molar-refractivity contribution in [2.24, 2.45) is 0 Å². The van der Waals surface area contributed by atoms with Crippen LogP contribution in [-0.2, 0) is 9.53 Å². The van der Waals surface area contributed by atoms with Gasteiger partial charge in [0.2, 0.25) is 5.91 Å². The molecule has 1 heterocycles. The summed E-state index contributed by atoms with van der Waals surface area (Å²) in [4.78, 5) is 15.9. The lowest BCUT2D eigenvalue weighted by molar-refractivity contribution is -0.127. The van der Waals surface area contributed by atoms with Crippen LogP contribution in [-0.4, -0.2) is 55.0 Å². The molecule has 1 fully saturated rings. The van der Waals surface area contributed by atoms with Crippen LogP contribution in [0.1, 0.15) is 17.2 Å². The van der Waals surface area contributed by atoms with E-state index in [0.717, 1.165) is 32.7 Å². The van der Waals surface area contributed by atoms with Crippen molar-refractivity contribution >= 4 is 5.91 Å². The Hall–Kier alpha value is -2.43. The fraction of sp³-hybridized carbons (Fsp3) is 0.318. The summed E-state index contributed by atoms with van der Waals surface area (Å²) < 4.78 is 6.27. The summed E-state index contributed by atoms with van der Waals surface area (Å²) in [6.07, 6.45) is 1.34. The van der Waals surface area contributed by atoms with Crippen LogP contribution in [0.25, 0.3) is 0 Å². The first-order valence-electron chi connectivity index (χ1n) is 9.13. The fourth-order valence-corrected chi connectivity index (χ4v) is 3.26. The number of carbonyl (C=O) groups is 1. The van der Waals surface area contributed by atoms with Crippen LogP contribution < -0.4 is 0 Å². The fourth-order valence-electron chi connectivity index (χ4n) is 3.26. The van der Waals surface area contributed by atoms with E-state index in [1.54, 1.807) is 0 Å². The highest BCUT2D eigenvalue weighted by Gasteiger charge is 2.20. The molecule has 1 saturated heterocycles. The monoisotopic (exact) mass is 350 g/mol. The second-order valence-electron chi connectivity index (χ2n) is 6.44. The van der Waals surface area contributed by atoms with Gasteiger partial charge in [-0.15, -0.1) is 0 Å². The minimum atomic E-state index is -0.0546. The van der Waals surface area contributed by atoms with Crippen LogP contribution in [0.5, 0.6) is 0 Å². The zero-order valence-corrected chi connectivity index (χ0v) is 15.1. The van der Waals surface area contributed by atoms with Gasteiger partial charge >= 0.3 is 0 Å². The van der Waals surface area contributed by atoms with Crippen LogP contribution in [0, 0.1) is 0 Å².